The Morgan fingerprint density at radius 2 is 1.57 bits per heavy atom. The minimum absolute atomic E-state index is 0.269. The van der Waals surface area contributed by atoms with E-state index in [1.807, 2.05) is 0 Å². The molecule has 0 bridgehead atoms. The number of anilines is 1. The number of benzene rings is 1. The number of nitrogens with zero attached hydrogens (tertiary/aromatic N) is 3. The maximum absolute atomic E-state index is 9.20. The van der Waals surface area contributed by atoms with Crippen molar-refractivity contribution in [3.05, 3.63) is 58.7 Å². The van der Waals surface area contributed by atoms with E-state index in [1.165, 1.54) is 48.1 Å². The Bertz CT molecular complexity index is 879. The van der Waals surface area contributed by atoms with Gasteiger partial charge in [0.05, 0.1) is 0 Å². The van der Waals surface area contributed by atoms with Crippen molar-refractivity contribution in [1.82, 2.24) is 0 Å². The lowest BCUT2D eigenvalue weighted by Crippen LogP contribution is -2.25. The predicted molar refractivity (Wildman–Crippen MR) is 125 cm³/mol. The van der Waals surface area contributed by atoms with Crippen LogP contribution >= 0.6 is 0 Å². The van der Waals surface area contributed by atoms with E-state index in [2.05, 4.69) is 67.3 Å². The van der Waals surface area contributed by atoms with Gasteiger partial charge in [-0.1, -0.05) is 51.0 Å². The topological polar surface area (TPSA) is 50.8 Å². The first-order chi connectivity index (χ1) is 14.7. The van der Waals surface area contributed by atoms with Crippen LogP contribution in [-0.4, -0.2) is 13.1 Å². The first-order valence-electron chi connectivity index (χ1n) is 11.5. The van der Waals surface area contributed by atoms with Gasteiger partial charge in [-0.15, -0.1) is 0 Å². The highest BCUT2D eigenvalue weighted by Crippen LogP contribution is 2.40. The van der Waals surface area contributed by atoms with E-state index in [-0.39, 0.29) is 5.57 Å². The fraction of sp³-hybridized carbons (Fsp3) is 0.481. The molecule has 0 radical (unpaired) electrons. The Morgan fingerprint density at radius 1 is 0.933 bits per heavy atom. The highest BCUT2D eigenvalue weighted by atomic mass is 15.1. The first-order valence-corrected chi connectivity index (χ1v) is 11.5. The quantitative estimate of drug-likeness (QED) is 0.444. The summed E-state index contributed by atoms with van der Waals surface area (Å²) in [6.45, 7) is 6.76. The molecule has 0 spiro atoms. The molecule has 3 nitrogen and oxygen atoms in total. The van der Waals surface area contributed by atoms with Gasteiger partial charge >= 0.3 is 0 Å². The summed E-state index contributed by atoms with van der Waals surface area (Å²) in [6.07, 6.45) is 13.4. The summed E-state index contributed by atoms with van der Waals surface area (Å²) in [5, 5.41) is 18.4. The van der Waals surface area contributed by atoms with Crippen LogP contribution in [0.5, 0.6) is 0 Å². The van der Waals surface area contributed by atoms with Crippen molar-refractivity contribution in [3.8, 4) is 12.1 Å². The van der Waals surface area contributed by atoms with E-state index in [9.17, 15) is 10.5 Å². The van der Waals surface area contributed by atoms with Gasteiger partial charge in [-0.25, -0.2) is 0 Å². The van der Waals surface area contributed by atoms with Crippen molar-refractivity contribution in [2.45, 2.75) is 65.2 Å². The molecule has 0 fully saturated rings. The zero-order valence-corrected chi connectivity index (χ0v) is 18.5. The third-order valence-electron chi connectivity index (χ3n) is 6.39. The molecule has 156 valence electrons. The minimum atomic E-state index is 0.269. The van der Waals surface area contributed by atoms with E-state index < -0.39 is 0 Å². The molecule has 0 saturated heterocycles. The van der Waals surface area contributed by atoms with Gasteiger partial charge in [0.2, 0.25) is 0 Å². The number of hydrogen-bond donors (Lipinski definition) is 0. The lowest BCUT2D eigenvalue weighted by Gasteiger charge is -2.29. The molecule has 1 unspecified atom stereocenters. The molecule has 0 aliphatic heterocycles. The van der Waals surface area contributed by atoms with Crippen LogP contribution in [0.1, 0.15) is 70.8 Å². The predicted octanol–water partition coefficient (Wildman–Crippen LogP) is 6.95. The average Bonchev–Trinajstić information content (AvgIpc) is 2.80. The molecule has 0 aromatic heterocycles. The van der Waals surface area contributed by atoms with Crippen molar-refractivity contribution in [2.24, 2.45) is 5.92 Å². The zero-order chi connectivity index (χ0) is 21.3. The Hall–Kier alpha value is -2.78. The summed E-state index contributed by atoms with van der Waals surface area (Å²) in [6, 6.07) is 13.2. The van der Waals surface area contributed by atoms with Crippen LogP contribution in [0, 0.1) is 28.6 Å². The Kier molecular flexibility index (Phi) is 7.92. The molecule has 0 saturated carbocycles. The summed E-state index contributed by atoms with van der Waals surface area (Å²) in [4.78, 5) is 2.52. The molecule has 30 heavy (non-hydrogen) atoms. The molecule has 1 aromatic rings. The SMILES string of the molecule is CCCCN(CCCC)c1ccc(C2=CC3=CC(=C(C#N)C#N)CCC3CC2)cc1. The Labute approximate surface area is 182 Å². The second-order valence-corrected chi connectivity index (χ2v) is 8.45. The lowest BCUT2D eigenvalue weighted by molar-refractivity contribution is 0.512. The molecular formula is C27H33N3. The van der Waals surface area contributed by atoms with Crippen LogP contribution < -0.4 is 4.90 Å². The van der Waals surface area contributed by atoms with E-state index in [0.29, 0.717) is 5.92 Å². The molecule has 1 aromatic carbocycles. The lowest BCUT2D eigenvalue weighted by atomic mass is 9.75. The first kappa shape index (κ1) is 21.9. The van der Waals surface area contributed by atoms with Crippen molar-refractivity contribution in [2.75, 3.05) is 18.0 Å². The second kappa shape index (κ2) is 10.8. The number of unbranched alkanes of at least 4 members (excludes halogenated alkanes) is 2. The maximum Gasteiger partial charge on any atom is 0.132 e. The number of allylic oxidation sites excluding steroid dienone is 6. The molecule has 1 atom stereocenters. The highest BCUT2D eigenvalue weighted by molar-refractivity contribution is 5.72. The van der Waals surface area contributed by atoms with Gasteiger partial charge in [-0.2, -0.15) is 10.5 Å². The van der Waals surface area contributed by atoms with Gasteiger partial charge < -0.3 is 4.90 Å². The fourth-order valence-corrected chi connectivity index (χ4v) is 4.51. The van der Waals surface area contributed by atoms with Crippen LogP contribution in [0.3, 0.4) is 0 Å². The van der Waals surface area contributed by atoms with Gasteiger partial charge in [0.15, 0.2) is 0 Å². The summed E-state index contributed by atoms with van der Waals surface area (Å²) >= 11 is 0. The monoisotopic (exact) mass is 399 g/mol. The Morgan fingerprint density at radius 3 is 2.17 bits per heavy atom. The van der Waals surface area contributed by atoms with E-state index >= 15 is 0 Å². The molecule has 0 heterocycles. The van der Waals surface area contributed by atoms with Crippen LogP contribution in [-0.2, 0) is 0 Å². The average molecular weight is 400 g/mol. The van der Waals surface area contributed by atoms with Gasteiger partial charge in [-0.05, 0) is 78.9 Å². The van der Waals surface area contributed by atoms with Gasteiger partial charge in [0.25, 0.3) is 0 Å². The maximum atomic E-state index is 9.20. The second-order valence-electron chi connectivity index (χ2n) is 8.45. The number of hydrogen-bond acceptors (Lipinski definition) is 3. The normalized spacial score (nSPS) is 17.9. The zero-order valence-electron chi connectivity index (χ0n) is 18.5. The van der Waals surface area contributed by atoms with Crippen molar-refractivity contribution >= 4 is 11.3 Å². The largest absolute Gasteiger partial charge is 0.372 e. The van der Waals surface area contributed by atoms with Crippen molar-refractivity contribution in [3.63, 3.8) is 0 Å². The van der Waals surface area contributed by atoms with Crippen LogP contribution in [0.2, 0.25) is 0 Å². The van der Waals surface area contributed by atoms with Gasteiger partial charge in [0.1, 0.15) is 17.7 Å². The van der Waals surface area contributed by atoms with E-state index in [1.54, 1.807) is 0 Å². The van der Waals surface area contributed by atoms with Crippen LogP contribution in [0.25, 0.3) is 5.57 Å². The third-order valence-corrected chi connectivity index (χ3v) is 6.39. The Balaban J connectivity index is 1.82. The molecule has 2 aliphatic carbocycles. The van der Waals surface area contributed by atoms with Crippen molar-refractivity contribution in [1.29, 1.82) is 10.5 Å². The fourth-order valence-electron chi connectivity index (χ4n) is 4.51. The van der Waals surface area contributed by atoms with E-state index in [4.69, 9.17) is 0 Å². The summed E-state index contributed by atoms with van der Waals surface area (Å²) in [5.74, 6) is 0.564. The summed E-state index contributed by atoms with van der Waals surface area (Å²) in [7, 11) is 0. The molecular weight excluding hydrogens is 366 g/mol. The molecule has 0 amide bonds. The van der Waals surface area contributed by atoms with Gasteiger partial charge in [-0.3, -0.25) is 0 Å². The van der Waals surface area contributed by atoms with Gasteiger partial charge in [0, 0.05) is 18.8 Å². The minimum Gasteiger partial charge on any atom is -0.372 e. The number of nitriles is 2. The molecule has 3 heteroatoms. The molecule has 2 aliphatic rings. The highest BCUT2D eigenvalue weighted by Gasteiger charge is 2.24. The van der Waals surface area contributed by atoms with Crippen LogP contribution in [0.4, 0.5) is 5.69 Å². The third kappa shape index (κ3) is 5.22. The van der Waals surface area contributed by atoms with E-state index in [0.717, 1.165) is 44.3 Å². The van der Waals surface area contributed by atoms with Crippen LogP contribution in [0.15, 0.2) is 53.1 Å². The van der Waals surface area contributed by atoms with Crippen molar-refractivity contribution < 1.29 is 0 Å². The molecule has 0 N–H and O–H groups in total. The number of rotatable bonds is 8. The standard InChI is InChI=1S/C27H33N3/c1-3-5-15-30(16-6-4-2)27-13-11-21(12-14-27)23-9-7-22-8-10-24(18-25(22)17-23)26(19-28)20-29/h11-14,17-18,22H,3-10,15-16H2,1-2H3. The summed E-state index contributed by atoms with van der Waals surface area (Å²) in [5.41, 5.74) is 6.45. The summed E-state index contributed by atoms with van der Waals surface area (Å²) < 4.78 is 0. The smallest absolute Gasteiger partial charge is 0.132 e. The molecule has 3 rings (SSSR count). The number of fused-ring (bicyclic) bond motifs is 1.